The van der Waals surface area contributed by atoms with Gasteiger partial charge in [0.25, 0.3) is 0 Å². The number of nitrogens with one attached hydrogen (secondary N) is 2. The van der Waals surface area contributed by atoms with Crippen molar-refractivity contribution in [2.45, 2.75) is 110 Å². The van der Waals surface area contributed by atoms with Crippen molar-refractivity contribution in [1.29, 1.82) is 0 Å². The molecule has 2 heterocycles. The molecule has 2 fully saturated rings. The van der Waals surface area contributed by atoms with E-state index in [-0.39, 0.29) is 35.6 Å². The van der Waals surface area contributed by atoms with E-state index >= 15 is 0 Å². The zero-order chi connectivity index (χ0) is 27.4. The lowest BCUT2D eigenvalue weighted by atomic mass is 9.83. The largest absolute Gasteiger partial charge is 0.343 e. The Balaban J connectivity index is 1.65. The smallest absolute Gasteiger partial charge is 0.245 e. The second kappa shape index (κ2) is 12.5. The van der Waals surface area contributed by atoms with Crippen molar-refractivity contribution in [3.8, 4) is 0 Å². The molecule has 0 radical (unpaired) electrons. The van der Waals surface area contributed by atoms with E-state index in [1.54, 1.807) is 14.0 Å². The van der Waals surface area contributed by atoms with Gasteiger partial charge in [-0.1, -0.05) is 39.2 Å². The van der Waals surface area contributed by atoms with E-state index in [2.05, 4.69) is 47.2 Å². The van der Waals surface area contributed by atoms with Gasteiger partial charge in [0, 0.05) is 41.3 Å². The first-order chi connectivity index (χ1) is 18.3. The lowest BCUT2D eigenvalue weighted by molar-refractivity contribution is -0.139. The molecule has 7 nitrogen and oxygen atoms in total. The molecule has 2 aliphatic rings. The normalized spacial score (nSPS) is 20.0. The Kier molecular flexibility index (Phi) is 9.29. The van der Waals surface area contributed by atoms with E-state index in [1.807, 2.05) is 11.8 Å². The zero-order valence-corrected chi connectivity index (χ0v) is 23.9. The van der Waals surface area contributed by atoms with Crippen LogP contribution >= 0.6 is 0 Å². The summed E-state index contributed by atoms with van der Waals surface area (Å²) in [5.74, 6) is 0.220. The number of nitrogens with zero attached hydrogens (tertiary/aromatic N) is 2. The number of amides is 2. The number of aryl methyl sites for hydroxylation is 1. The maximum absolute atomic E-state index is 14.1. The number of hydrogen-bond acceptors (Lipinski definition) is 4. The van der Waals surface area contributed by atoms with Gasteiger partial charge in [-0.15, -0.1) is 0 Å². The topological polar surface area (TPSA) is 83.4 Å². The molecule has 1 aliphatic carbocycles. The van der Waals surface area contributed by atoms with E-state index < -0.39 is 6.04 Å². The van der Waals surface area contributed by atoms with Crippen LogP contribution in [-0.2, 0) is 29.0 Å². The van der Waals surface area contributed by atoms with Crippen LogP contribution in [0, 0.1) is 5.92 Å². The van der Waals surface area contributed by atoms with E-state index in [4.69, 9.17) is 0 Å². The van der Waals surface area contributed by atoms with Crippen molar-refractivity contribution in [2.75, 3.05) is 13.6 Å². The van der Waals surface area contributed by atoms with Crippen LogP contribution in [0.4, 0.5) is 0 Å². The molecule has 1 saturated carbocycles. The highest BCUT2D eigenvalue weighted by atomic mass is 16.2. The molecule has 0 bridgehead atoms. The summed E-state index contributed by atoms with van der Waals surface area (Å²) in [5, 5.41) is 7.17. The molecule has 0 spiro atoms. The Morgan fingerprint density at radius 3 is 2.39 bits per heavy atom. The molecule has 2 amide bonds. The minimum atomic E-state index is -0.480. The SMILES string of the molecule is CCc1ccc2c(c1)c(C(C)=O)c(CC)n2CC1CCCN1C(=O)C(NC(=O)C(C)NC)C1CCCCC1. The number of likely N-dealkylation sites (tertiary alicyclic amines) is 1. The Labute approximate surface area is 227 Å². The average molecular weight is 523 g/mol. The number of Topliss-reactive ketones (excluding diaryl/α,β-unsaturated/α-hetero) is 1. The third-order valence-electron chi connectivity index (χ3n) is 8.90. The Morgan fingerprint density at radius 1 is 1.03 bits per heavy atom. The van der Waals surface area contributed by atoms with Crippen LogP contribution in [0.15, 0.2) is 18.2 Å². The molecule has 2 N–H and O–H groups in total. The minimum Gasteiger partial charge on any atom is -0.343 e. The molecule has 4 rings (SSSR count). The number of likely N-dealkylation sites (N-methyl/N-ethyl adjacent to an activating group) is 1. The summed E-state index contributed by atoms with van der Waals surface area (Å²) >= 11 is 0. The molecule has 38 heavy (non-hydrogen) atoms. The van der Waals surface area contributed by atoms with E-state index in [9.17, 15) is 14.4 Å². The molecule has 3 unspecified atom stereocenters. The molecular formula is C31H46N4O3. The van der Waals surface area contributed by atoms with E-state index in [0.29, 0.717) is 13.1 Å². The lowest BCUT2D eigenvalue weighted by Gasteiger charge is -2.35. The first-order valence-corrected chi connectivity index (χ1v) is 14.7. The molecule has 1 saturated heterocycles. The van der Waals surface area contributed by atoms with Gasteiger partial charge < -0.3 is 20.1 Å². The van der Waals surface area contributed by atoms with Crippen LogP contribution in [-0.4, -0.2) is 58.8 Å². The highest BCUT2D eigenvalue weighted by Crippen LogP contribution is 2.33. The summed E-state index contributed by atoms with van der Waals surface area (Å²) in [6.07, 6.45) is 8.93. The Morgan fingerprint density at radius 2 is 1.76 bits per heavy atom. The third-order valence-corrected chi connectivity index (χ3v) is 8.90. The van der Waals surface area contributed by atoms with Crippen molar-refractivity contribution in [2.24, 2.45) is 5.92 Å². The van der Waals surface area contributed by atoms with Crippen LogP contribution < -0.4 is 10.6 Å². The van der Waals surface area contributed by atoms with Gasteiger partial charge in [0.1, 0.15) is 6.04 Å². The van der Waals surface area contributed by atoms with Crippen molar-refractivity contribution < 1.29 is 14.4 Å². The van der Waals surface area contributed by atoms with Gasteiger partial charge in [-0.05, 0) is 83.0 Å². The first kappa shape index (κ1) is 28.3. The minimum absolute atomic E-state index is 0.0405. The fourth-order valence-corrected chi connectivity index (χ4v) is 6.61. The molecule has 208 valence electrons. The summed E-state index contributed by atoms with van der Waals surface area (Å²) < 4.78 is 2.29. The molecule has 2 aromatic rings. The number of rotatable bonds is 10. The van der Waals surface area contributed by atoms with Gasteiger partial charge in [0.05, 0.1) is 6.04 Å². The van der Waals surface area contributed by atoms with Crippen molar-refractivity contribution in [1.82, 2.24) is 20.1 Å². The summed E-state index contributed by atoms with van der Waals surface area (Å²) in [6.45, 7) is 9.11. The van der Waals surface area contributed by atoms with Crippen molar-refractivity contribution in [3.05, 3.63) is 35.0 Å². The van der Waals surface area contributed by atoms with Crippen LogP contribution in [0.25, 0.3) is 10.9 Å². The summed E-state index contributed by atoms with van der Waals surface area (Å²) in [5.41, 5.74) is 4.17. The second-order valence-electron chi connectivity index (χ2n) is 11.3. The highest BCUT2D eigenvalue weighted by Gasteiger charge is 2.39. The van der Waals surface area contributed by atoms with Crippen molar-refractivity contribution in [3.63, 3.8) is 0 Å². The quantitative estimate of drug-likeness (QED) is 0.446. The zero-order valence-electron chi connectivity index (χ0n) is 23.9. The monoisotopic (exact) mass is 522 g/mol. The molecular weight excluding hydrogens is 476 g/mol. The lowest BCUT2D eigenvalue weighted by Crippen LogP contribution is -2.56. The second-order valence-corrected chi connectivity index (χ2v) is 11.3. The number of carbonyl (C=O) groups excluding carboxylic acids is 3. The summed E-state index contributed by atoms with van der Waals surface area (Å²) in [7, 11) is 1.77. The molecule has 1 aliphatic heterocycles. The standard InChI is InChI=1S/C31H46N4O3/c1-6-22-15-16-27-25(18-22)28(21(4)36)26(7-2)35(27)19-24-14-11-17-34(24)31(38)29(23-12-9-8-10-13-23)33-30(37)20(3)32-5/h15-16,18,20,23-24,29,32H,6-14,17,19H2,1-5H3,(H,33,37). The van der Waals surface area contributed by atoms with Gasteiger partial charge in [-0.3, -0.25) is 14.4 Å². The third kappa shape index (κ3) is 5.68. The van der Waals surface area contributed by atoms with Crippen LogP contribution in [0.1, 0.15) is 94.3 Å². The van der Waals surface area contributed by atoms with Gasteiger partial charge in [0.15, 0.2) is 5.78 Å². The predicted molar refractivity (Wildman–Crippen MR) is 152 cm³/mol. The fraction of sp³-hybridized carbons (Fsp3) is 0.645. The van der Waals surface area contributed by atoms with Crippen LogP contribution in [0.2, 0.25) is 0 Å². The number of benzene rings is 1. The van der Waals surface area contributed by atoms with E-state index in [1.165, 1.54) is 12.0 Å². The van der Waals surface area contributed by atoms with Crippen LogP contribution in [0.5, 0.6) is 0 Å². The number of hydrogen-bond donors (Lipinski definition) is 2. The first-order valence-electron chi connectivity index (χ1n) is 14.7. The number of fused-ring (bicyclic) bond motifs is 1. The summed E-state index contributed by atoms with van der Waals surface area (Å²) in [4.78, 5) is 41.8. The Bertz CT molecular complexity index is 1160. The highest BCUT2D eigenvalue weighted by molar-refractivity contribution is 6.08. The maximum atomic E-state index is 14.1. The van der Waals surface area contributed by atoms with Gasteiger partial charge >= 0.3 is 0 Å². The molecule has 1 aromatic heterocycles. The van der Waals surface area contributed by atoms with Gasteiger partial charge in [-0.2, -0.15) is 0 Å². The average Bonchev–Trinajstić information content (AvgIpc) is 3.53. The molecule has 1 aromatic carbocycles. The molecule has 3 atom stereocenters. The maximum Gasteiger partial charge on any atom is 0.245 e. The summed E-state index contributed by atoms with van der Waals surface area (Å²) in [6, 6.07) is 5.67. The predicted octanol–water partition coefficient (Wildman–Crippen LogP) is 4.63. The van der Waals surface area contributed by atoms with E-state index in [0.717, 1.165) is 73.5 Å². The van der Waals surface area contributed by atoms with Gasteiger partial charge in [-0.25, -0.2) is 0 Å². The van der Waals surface area contributed by atoms with Crippen LogP contribution in [0.3, 0.4) is 0 Å². The number of ketones is 1. The van der Waals surface area contributed by atoms with Gasteiger partial charge in [0.2, 0.25) is 11.8 Å². The fourth-order valence-electron chi connectivity index (χ4n) is 6.61. The van der Waals surface area contributed by atoms with Crippen molar-refractivity contribution >= 4 is 28.5 Å². The number of aromatic nitrogens is 1. The number of carbonyl (C=O) groups is 3. The molecule has 7 heteroatoms. The Hall–Kier alpha value is -2.67.